The summed E-state index contributed by atoms with van der Waals surface area (Å²) >= 11 is 0. The summed E-state index contributed by atoms with van der Waals surface area (Å²) in [4.78, 5) is 0. The van der Waals surface area contributed by atoms with Crippen LogP contribution in [0.15, 0.2) is 255 Å². The first-order valence-electron chi connectivity index (χ1n) is 23.7. The van der Waals surface area contributed by atoms with Crippen molar-refractivity contribution in [2.24, 2.45) is 0 Å². The fraction of sp³-hybridized carbons (Fsp3) is 0. The van der Waals surface area contributed by atoms with Gasteiger partial charge in [0.15, 0.2) is 0 Å². The molecular weight excluding hydrogens is 817 g/mol. The highest BCUT2D eigenvalue weighted by atomic mass is 14.2. The number of fused-ring (bicyclic) bond motifs is 8. The van der Waals surface area contributed by atoms with E-state index in [1.807, 2.05) is 0 Å². The van der Waals surface area contributed by atoms with Crippen LogP contribution in [-0.2, 0) is 0 Å². The van der Waals surface area contributed by atoms with Crippen molar-refractivity contribution >= 4 is 86.2 Å². The van der Waals surface area contributed by atoms with E-state index in [4.69, 9.17) is 0 Å². The minimum Gasteiger partial charge on any atom is -0.0616 e. The Bertz CT molecular complexity index is 3970. The maximum absolute atomic E-state index is 2.45. The summed E-state index contributed by atoms with van der Waals surface area (Å²) < 4.78 is 0. The maximum Gasteiger partial charge on any atom is -0.00201 e. The second-order valence-corrected chi connectivity index (χ2v) is 18.2. The van der Waals surface area contributed by atoms with Gasteiger partial charge in [0.25, 0.3) is 0 Å². The Morgan fingerprint density at radius 3 is 0.735 bits per heavy atom. The summed E-state index contributed by atoms with van der Waals surface area (Å²) in [6.07, 6.45) is 0. The minimum absolute atomic E-state index is 1.21. The smallest absolute Gasteiger partial charge is 0.00201 e. The zero-order valence-corrected chi connectivity index (χ0v) is 37.2. The first kappa shape index (κ1) is 38.4. The van der Waals surface area contributed by atoms with Crippen molar-refractivity contribution in [1.29, 1.82) is 0 Å². The molecule has 68 heavy (non-hydrogen) atoms. The van der Waals surface area contributed by atoms with E-state index in [1.165, 1.54) is 142 Å². The molecule has 0 aromatic heterocycles. The molecule has 0 unspecified atom stereocenters. The molecule has 0 heterocycles. The molecule has 0 bridgehead atoms. The Labute approximate surface area is 394 Å². The molecule has 14 rings (SSSR count). The van der Waals surface area contributed by atoms with Crippen molar-refractivity contribution in [2.75, 3.05) is 0 Å². The summed E-state index contributed by atoms with van der Waals surface area (Å²) in [5.74, 6) is 0. The topological polar surface area (TPSA) is 0 Å². The summed E-state index contributed by atoms with van der Waals surface area (Å²) in [5.41, 5.74) is 12.5. The minimum atomic E-state index is 1.21. The van der Waals surface area contributed by atoms with Crippen LogP contribution in [0, 0.1) is 0 Å². The quantitative estimate of drug-likeness (QED) is 0.151. The van der Waals surface area contributed by atoms with Gasteiger partial charge in [-0.3, -0.25) is 0 Å². The molecule has 0 saturated heterocycles. The van der Waals surface area contributed by atoms with Gasteiger partial charge in [-0.2, -0.15) is 0 Å². The molecule has 14 aromatic rings. The SMILES string of the molecule is c1cc(-c2cccc3ccc(-c4c5ccccc5c(-c5cccc6ccccc56)c5ccccc45)cc23)c2cc(-c3c4ccccc4c(-c4cccc5ccccc45)c4ccccc34)ccc2c1. The van der Waals surface area contributed by atoms with E-state index >= 15 is 0 Å². The van der Waals surface area contributed by atoms with Gasteiger partial charge in [0.1, 0.15) is 0 Å². The van der Waals surface area contributed by atoms with Gasteiger partial charge in [-0.1, -0.05) is 243 Å². The molecule has 0 aliphatic carbocycles. The third-order valence-electron chi connectivity index (χ3n) is 14.6. The van der Waals surface area contributed by atoms with Gasteiger partial charge in [-0.05, 0) is 154 Å². The highest BCUT2D eigenvalue weighted by Gasteiger charge is 2.21. The van der Waals surface area contributed by atoms with Crippen molar-refractivity contribution in [1.82, 2.24) is 0 Å². The molecule has 0 spiro atoms. The molecule has 14 aromatic carbocycles. The zero-order valence-electron chi connectivity index (χ0n) is 37.2. The third-order valence-corrected chi connectivity index (χ3v) is 14.6. The zero-order chi connectivity index (χ0) is 44.7. The van der Waals surface area contributed by atoms with Gasteiger partial charge in [0, 0.05) is 0 Å². The van der Waals surface area contributed by atoms with Crippen LogP contribution in [0.5, 0.6) is 0 Å². The number of hydrogen-bond donors (Lipinski definition) is 0. The summed E-state index contributed by atoms with van der Waals surface area (Å²) in [6, 6.07) is 94.8. The van der Waals surface area contributed by atoms with Crippen molar-refractivity contribution in [3.63, 3.8) is 0 Å². The van der Waals surface area contributed by atoms with Crippen LogP contribution in [0.2, 0.25) is 0 Å². The Kier molecular flexibility index (Phi) is 8.69. The molecule has 0 atom stereocenters. The lowest BCUT2D eigenvalue weighted by Gasteiger charge is -2.20. The highest BCUT2D eigenvalue weighted by Crippen LogP contribution is 2.49. The maximum atomic E-state index is 2.45. The van der Waals surface area contributed by atoms with E-state index in [9.17, 15) is 0 Å². The molecule has 0 radical (unpaired) electrons. The van der Waals surface area contributed by atoms with Crippen molar-refractivity contribution < 1.29 is 0 Å². The lowest BCUT2D eigenvalue weighted by Crippen LogP contribution is -1.92. The lowest BCUT2D eigenvalue weighted by molar-refractivity contribution is 1.66. The Morgan fingerprint density at radius 2 is 0.397 bits per heavy atom. The van der Waals surface area contributed by atoms with Crippen molar-refractivity contribution in [3.8, 4) is 55.6 Å². The van der Waals surface area contributed by atoms with Crippen LogP contribution < -0.4 is 0 Å². The summed E-state index contributed by atoms with van der Waals surface area (Å²) in [6.45, 7) is 0. The normalized spacial score (nSPS) is 11.8. The van der Waals surface area contributed by atoms with E-state index in [2.05, 4.69) is 255 Å². The van der Waals surface area contributed by atoms with Crippen LogP contribution in [-0.4, -0.2) is 0 Å². The summed E-state index contributed by atoms with van der Waals surface area (Å²) in [7, 11) is 0. The average molecular weight is 859 g/mol. The Hall–Kier alpha value is -8.84. The average Bonchev–Trinajstić information content (AvgIpc) is 3.41. The van der Waals surface area contributed by atoms with Crippen LogP contribution in [0.4, 0.5) is 0 Å². The lowest BCUT2D eigenvalue weighted by atomic mass is 9.83. The predicted molar refractivity (Wildman–Crippen MR) is 294 cm³/mol. The van der Waals surface area contributed by atoms with Crippen molar-refractivity contribution in [2.45, 2.75) is 0 Å². The van der Waals surface area contributed by atoms with Gasteiger partial charge in [0.2, 0.25) is 0 Å². The van der Waals surface area contributed by atoms with Crippen LogP contribution >= 0.6 is 0 Å². The fourth-order valence-corrected chi connectivity index (χ4v) is 11.7. The fourth-order valence-electron chi connectivity index (χ4n) is 11.7. The molecule has 0 heteroatoms. The molecule has 0 aliphatic heterocycles. The first-order valence-corrected chi connectivity index (χ1v) is 23.7. The van der Waals surface area contributed by atoms with E-state index in [0.717, 1.165) is 0 Å². The Morgan fingerprint density at radius 1 is 0.147 bits per heavy atom. The van der Waals surface area contributed by atoms with Gasteiger partial charge in [-0.25, -0.2) is 0 Å². The van der Waals surface area contributed by atoms with Crippen molar-refractivity contribution in [3.05, 3.63) is 255 Å². The molecule has 0 amide bonds. The summed E-state index contributed by atoms with van der Waals surface area (Å²) in [5, 5.41) is 20.0. The van der Waals surface area contributed by atoms with Crippen LogP contribution in [0.25, 0.3) is 142 Å². The van der Waals surface area contributed by atoms with E-state index in [-0.39, 0.29) is 0 Å². The molecule has 314 valence electrons. The second kappa shape index (κ2) is 15.4. The van der Waals surface area contributed by atoms with E-state index < -0.39 is 0 Å². The molecule has 0 N–H and O–H groups in total. The van der Waals surface area contributed by atoms with Gasteiger partial charge < -0.3 is 0 Å². The predicted octanol–water partition coefficient (Wildman–Crippen LogP) is 19.2. The van der Waals surface area contributed by atoms with Gasteiger partial charge in [-0.15, -0.1) is 0 Å². The van der Waals surface area contributed by atoms with Gasteiger partial charge in [0.05, 0.1) is 0 Å². The number of benzene rings is 14. The largest absolute Gasteiger partial charge is 0.0616 e. The molecule has 0 fully saturated rings. The molecule has 0 aliphatic rings. The van der Waals surface area contributed by atoms with Crippen LogP contribution in [0.1, 0.15) is 0 Å². The molecular formula is C68H42. The van der Waals surface area contributed by atoms with E-state index in [0.29, 0.717) is 0 Å². The van der Waals surface area contributed by atoms with Gasteiger partial charge >= 0.3 is 0 Å². The molecule has 0 saturated carbocycles. The monoisotopic (exact) mass is 858 g/mol. The second-order valence-electron chi connectivity index (χ2n) is 18.2. The third kappa shape index (κ3) is 5.88. The van der Waals surface area contributed by atoms with Crippen LogP contribution in [0.3, 0.4) is 0 Å². The number of rotatable bonds is 5. The number of hydrogen-bond acceptors (Lipinski definition) is 0. The highest BCUT2D eigenvalue weighted by molar-refractivity contribution is 6.26. The van der Waals surface area contributed by atoms with E-state index in [1.54, 1.807) is 0 Å². The molecule has 0 nitrogen and oxygen atoms in total. The Balaban J connectivity index is 0.983. The first-order chi connectivity index (χ1) is 33.8. The standard InChI is InChI=1S/C68H42/c1-3-23-49-43(17-1)19-15-35-53(49)67-59-29-9-5-25-55(59)65(56-26-6-10-30-60(56)67)47-39-37-45-21-13-33-51(63(45)41-47)52-34-14-22-46-38-40-48(42-64(46)52)66-57-27-7-11-31-61(57)68(62-32-12-8-28-58(62)66)54-36-16-20-44-18-2-4-24-50(44)54/h1-42H.